The summed E-state index contributed by atoms with van der Waals surface area (Å²) < 4.78 is 6.45. The van der Waals surface area contributed by atoms with Gasteiger partial charge in [-0.2, -0.15) is 0 Å². The van der Waals surface area contributed by atoms with Crippen LogP contribution in [0.1, 0.15) is 12.0 Å². The molecule has 1 aromatic heterocycles. The maximum Gasteiger partial charge on any atom is 0.331 e. The monoisotopic (exact) mass is 362 g/mol. The number of H-pyrrole nitrogens is 1. The number of rotatable bonds is 4. The molecule has 3 N–H and O–H groups in total. The van der Waals surface area contributed by atoms with Gasteiger partial charge in [-0.05, 0) is 6.92 Å². The van der Waals surface area contributed by atoms with Gasteiger partial charge in [0.15, 0.2) is 5.78 Å². The van der Waals surface area contributed by atoms with E-state index in [0.717, 1.165) is 4.57 Å². The summed E-state index contributed by atoms with van der Waals surface area (Å²) in [6.07, 6.45) is -1.05. The lowest BCUT2D eigenvalue weighted by atomic mass is 10.0. The first-order valence-corrected chi connectivity index (χ1v) is 7.37. The molecule has 1 saturated heterocycles. The second-order valence-corrected chi connectivity index (χ2v) is 5.45. The number of nitrogens with one attached hydrogen (secondary N) is 1. The summed E-state index contributed by atoms with van der Waals surface area (Å²) >= 11 is 3.02. The number of aryl methyl sites for hydroxylation is 1. The van der Waals surface area contributed by atoms with E-state index in [2.05, 4.69) is 20.9 Å². The lowest BCUT2D eigenvalue weighted by Crippen LogP contribution is -2.50. The molecular weight excluding hydrogens is 348 g/mol. The highest BCUT2D eigenvalue weighted by Gasteiger charge is 2.52. The van der Waals surface area contributed by atoms with Crippen LogP contribution in [0.4, 0.5) is 0 Å². The van der Waals surface area contributed by atoms with Gasteiger partial charge in [0.25, 0.3) is 5.56 Å². The summed E-state index contributed by atoms with van der Waals surface area (Å²) in [6, 6.07) is 0. The van der Waals surface area contributed by atoms with E-state index in [-0.39, 0.29) is 17.3 Å². The molecule has 0 amide bonds. The molecule has 9 heteroatoms. The third kappa shape index (κ3) is 2.61. The predicted octanol–water partition coefficient (Wildman–Crippen LogP) is -1.40. The minimum Gasteiger partial charge on any atom is -0.394 e. The first-order valence-electron chi connectivity index (χ1n) is 6.24. The van der Waals surface area contributed by atoms with Crippen LogP contribution in [0.2, 0.25) is 0 Å². The zero-order valence-electron chi connectivity index (χ0n) is 11.2. The number of halogens is 1. The van der Waals surface area contributed by atoms with Gasteiger partial charge in [-0.25, -0.2) is 4.79 Å². The van der Waals surface area contributed by atoms with Crippen LogP contribution in [0, 0.1) is 6.92 Å². The number of aromatic nitrogens is 2. The minimum atomic E-state index is -1.75. The average molecular weight is 363 g/mol. The van der Waals surface area contributed by atoms with Gasteiger partial charge >= 0.3 is 5.69 Å². The van der Waals surface area contributed by atoms with Gasteiger partial charge in [0, 0.05) is 18.2 Å². The molecule has 0 aromatic carbocycles. The number of carbonyl (C=O) groups is 1. The van der Waals surface area contributed by atoms with E-state index < -0.39 is 41.6 Å². The van der Waals surface area contributed by atoms with Crippen LogP contribution < -0.4 is 11.2 Å². The Morgan fingerprint density at radius 3 is 2.81 bits per heavy atom. The van der Waals surface area contributed by atoms with Crippen molar-refractivity contribution < 1.29 is 19.7 Å². The first-order chi connectivity index (χ1) is 9.85. The number of hydrogen-bond donors (Lipinski definition) is 3. The Balaban J connectivity index is 2.63. The number of aliphatic hydroxyl groups excluding tert-OH is 2. The van der Waals surface area contributed by atoms with Crippen LogP contribution in [-0.2, 0) is 15.3 Å². The van der Waals surface area contributed by atoms with Crippen molar-refractivity contribution in [1.29, 1.82) is 0 Å². The van der Waals surface area contributed by atoms with E-state index in [9.17, 15) is 24.6 Å². The lowest BCUT2D eigenvalue weighted by molar-refractivity contribution is -0.159. The summed E-state index contributed by atoms with van der Waals surface area (Å²) in [5.41, 5.74) is -2.90. The molecule has 1 fully saturated rings. The van der Waals surface area contributed by atoms with Crippen molar-refractivity contribution in [3.05, 3.63) is 32.6 Å². The Kier molecular flexibility index (Phi) is 4.47. The SMILES string of the molecule is Cc1cn([C@@]2(C(=O)CBr)C[C@H](O)[C@@H](CO)O2)c(=O)[nH]c1=O. The smallest absolute Gasteiger partial charge is 0.331 e. The zero-order valence-corrected chi connectivity index (χ0v) is 12.8. The highest BCUT2D eigenvalue weighted by atomic mass is 79.9. The zero-order chi connectivity index (χ0) is 15.8. The maximum absolute atomic E-state index is 12.3. The molecule has 8 nitrogen and oxygen atoms in total. The largest absolute Gasteiger partial charge is 0.394 e. The van der Waals surface area contributed by atoms with Crippen molar-refractivity contribution >= 4 is 21.7 Å². The lowest BCUT2D eigenvalue weighted by Gasteiger charge is -2.29. The fourth-order valence-electron chi connectivity index (χ4n) is 2.36. The van der Waals surface area contributed by atoms with Crippen molar-refractivity contribution in [2.24, 2.45) is 0 Å². The molecule has 0 radical (unpaired) electrons. The molecule has 21 heavy (non-hydrogen) atoms. The van der Waals surface area contributed by atoms with E-state index >= 15 is 0 Å². The fraction of sp³-hybridized carbons (Fsp3) is 0.583. The Morgan fingerprint density at radius 2 is 2.29 bits per heavy atom. The van der Waals surface area contributed by atoms with E-state index in [0.29, 0.717) is 0 Å². The third-order valence-electron chi connectivity index (χ3n) is 3.51. The summed E-state index contributed by atoms with van der Waals surface area (Å²) in [7, 11) is 0. The molecule has 2 heterocycles. The van der Waals surface area contributed by atoms with Crippen LogP contribution in [0.15, 0.2) is 15.8 Å². The normalized spacial score (nSPS) is 28.8. The number of alkyl halides is 1. The quantitative estimate of drug-likeness (QED) is 0.566. The van der Waals surface area contributed by atoms with Crippen molar-refractivity contribution in [2.45, 2.75) is 31.3 Å². The molecule has 0 saturated carbocycles. The molecule has 2 rings (SSSR count). The second-order valence-electron chi connectivity index (χ2n) is 4.89. The fourth-order valence-corrected chi connectivity index (χ4v) is 2.80. The summed E-state index contributed by atoms with van der Waals surface area (Å²) in [5.74, 6) is -0.494. The highest BCUT2D eigenvalue weighted by molar-refractivity contribution is 9.09. The number of ketones is 1. The van der Waals surface area contributed by atoms with E-state index in [1.54, 1.807) is 0 Å². The Morgan fingerprint density at radius 1 is 1.62 bits per heavy atom. The number of hydrogen-bond acceptors (Lipinski definition) is 6. The Hall–Kier alpha value is -1.29. The van der Waals surface area contributed by atoms with Crippen molar-refractivity contribution in [3.63, 3.8) is 0 Å². The standard InChI is InChI=1S/C12H15BrN2O6/c1-6-4-15(11(20)14-10(6)19)12(9(18)3-13)2-7(17)8(5-16)21-12/h4,7-8,16-17H,2-3,5H2,1H3,(H,14,19,20)/t7-,8+,12-/m0/s1. The van der Waals surface area contributed by atoms with Crippen LogP contribution in [0.3, 0.4) is 0 Å². The number of Topliss-reactive ketones (excluding diaryl/α,β-unsaturated/α-hetero) is 1. The van der Waals surface area contributed by atoms with Crippen LogP contribution in [0.5, 0.6) is 0 Å². The molecule has 1 aliphatic heterocycles. The van der Waals surface area contributed by atoms with E-state index in [1.807, 2.05) is 0 Å². The van der Waals surface area contributed by atoms with Crippen molar-refractivity contribution in [1.82, 2.24) is 9.55 Å². The van der Waals surface area contributed by atoms with Gasteiger partial charge in [-0.15, -0.1) is 0 Å². The number of carbonyl (C=O) groups excluding carboxylic acids is 1. The van der Waals surface area contributed by atoms with Gasteiger partial charge < -0.3 is 14.9 Å². The number of aliphatic hydroxyl groups is 2. The van der Waals surface area contributed by atoms with Gasteiger partial charge in [-0.1, -0.05) is 15.9 Å². The maximum atomic E-state index is 12.3. The molecule has 0 bridgehead atoms. The van der Waals surface area contributed by atoms with Crippen molar-refractivity contribution in [2.75, 3.05) is 11.9 Å². The molecule has 116 valence electrons. The Bertz CT molecular complexity index is 668. The first kappa shape index (κ1) is 16.1. The molecule has 3 atom stereocenters. The van der Waals surface area contributed by atoms with E-state index in [1.165, 1.54) is 13.1 Å². The third-order valence-corrected chi connectivity index (χ3v) is 4.02. The van der Waals surface area contributed by atoms with Crippen LogP contribution in [0.25, 0.3) is 0 Å². The molecule has 0 aliphatic carbocycles. The van der Waals surface area contributed by atoms with Gasteiger partial charge in [0.1, 0.15) is 6.10 Å². The predicted molar refractivity (Wildman–Crippen MR) is 75.4 cm³/mol. The summed E-state index contributed by atoms with van der Waals surface area (Å²) in [6.45, 7) is 0.992. The molecule has 1 aliphatic rings. The number of aromatic amines is 1. The molecule has 1 aromatic rings. The van der Waals surface area contributed by atoms with Gasteiger partial charge in [0.05, 0.1) is 18.0 Å². The second kappa shape index (κ2) is 5.84. The molecule has 0 spiro atoms. The molecular formula is C12H15BrN2O6. The van der Waals surface area contributed by atoms with Gasteiger partial charge in [-0.3, -0.25) is 19.1 Å². The van der Waals surface area contributed by atoms with Crippen LogP contribution >= 0.6 is 15.9 Å². The topological polar surface area (TPSA) is 122 Å². The summed E-state index contributed by atoms with van der Waals surface area (Å²) in [5, 5.41) is 19.0. The van der Waals surface area contributed by atoms with Crippen molar-refractivity contribution in [3.8, 4) is 0 Å². The molecule has 0 unspecified atom stereocenters. The number of ether oxygens (including phenoxy) is 1. The Labute approximate surface area is 127 Å². The van der Waals surface area contributed by atoms with Crippen LogP contribution in [-0.4, -0.2) is 49.7 Å². The number of nitrogens with zero attached hydrogens (tertiary/aromatic N) is 1. The highest BCUT2D eigenvalue weighted by Crippen LogP contribution is 2.35. The minimum absolute atomic E-state index is 0.109. The average Bonchev–Trinajstić information content (AvgIpc) is 2.79. The van der Waals surface area contributed by atoms with Gasteiger partial charge in [0.2, 0.25) is 5.72 Å². The van der Waals surface area contributed by atoms with E-state index in [4.69, 9.17) is 4.74 Å². The summed E-state index contributed by atoms with van der Waals surface area (Å²) in [4.78, 5) is 37.8.